The van der Waals surface area contributed by atoms with Gasteiger partial charge >= 0.3 is 0 Å². The van der Waals surface area contributed by atoms with Crippen LogP contribution in [0.4, 0.5) is 0 Å². The molecule has 2 N–H and O–H groups in total. The van der Waals surface area contributed by atoms with Gasteiger partial charge in [0.05, 0.1) is 17.4 Å². The Kier molecular flexibility index (Phi) is 13.7. The van der Waals surface area contributed by atoms with E-state index in [2.05, 4.69) is 16.0 Å². The van der Waals surface area contributed by atoms with Gasteiger partial charge < -0.3 is 22.2 Å². The van der Waals surface area contributed by atoms with Gasteiger partial charge in [0.25, 0.3) is 0 Å². The Labute approximate surface area is 197 Å². The molecular weight excluding hydrogens is 478 g/mol. The molecule has 3 rings (SSSR count). The predicted molar refractivity (Wildman–Crippen MR) is 111 cm³/mol. The van der Waals surface area contributed by atoms with E-state index in [9.17, 15) is 0 Å². The summed E-state index contributed by atoms with van der Waals surface area (Å²) in [5.41, 5.74) is 2.15. The summed E-state index contributed by atoms with van der Waals surface area (Å²) in [7, 11) is 0. The molecule has 0 aromatic carbocycles. The fourth-order valence-corrected chi connectivity index (χ4v) is 3.11. The zero-order valence-corrected chi connectivity index (χ0v) is 21.3. The molecule has 2 aromatic rings. The normalized spacial score (nSPS) is 17.9. The SMILES string of the molecule is CC.CC(C)(O)O.Cc1c(Cl)nc2c(ncn2C2CCC(C#N)C2)c1Cl.[CH3-].[Zr]. The standard InChI is InChI=1S/C13H12Cl2N4.C3H8O2.C2H6.CH3.Zr/c1-7-10(14)11-13(18-12(7)15)19(6-17-11)9-3-2-8(4-9)5-16;1-3(2,4)5;1-2;;/h6,8-9H,2-4H2,1H3;4-5H,1-2H3;1-2H3;1H3;/q;;;-1;. The molecule has 1 saturated carbocycles. The smallest absolute Gasteiger partial charge is 0.163 e. The Hall–Kier alpha value is -0.507. The Morgan fingerprint density at radius 2 is 1.79 bits per heavy atom. The molecule has 2 aromatic heterocycles. The molecule has 0 spiro atoms. The van der Waals surface area contributed by atoms with E-state index in [1.54, 1.807) is 6.33 Å². The summed E-state index contributed by atoms with van der Waals surface area (Å²) in [6, 6.07) is 2.59. The number of pyridine rings is 1. The van der Waals surface area contributed by atoms with Crippen molar-refractivity contribution in [2.45, 2.75) is 65.7 Å². The molecule has 0 bridgehead atoms. The third-order valence-electron chi connectivity index (χ3n) is 3.80. The van der Waals surface area contributed by atoms with Gasteiger partial charge in [0, 0.05) is 43.7 Å². The van der Waals surface area contributed by atoms with Gasteiger partial charge in [-0.2, -0.15) is 5.26 Å². The third kappa shape index (κ3) is 8.08. The van der Waals surface area contributed by atoms with Crippen LogP contribution in [0.25, 0.3) is 11.2 Å². The summed E-state index contributed by atoms with van der Waals surface area (Å²) < 4.78 is 2.00. The second kappa shape index (κ2) is 12.9. The minimum absolute atomic E-state index is 0. The Bertz CT molecular complexity index is 779. The number of hydrogen-bond donors (Lipinski definition) is 2. The van der Waals surface area contributed by atoms with Crippen LogP contribution in [0.5, 0.6) is 0 Å². The molecule has 156 valence electrons. The average molecular weight is 508 g/mol. The van der Waals surface area contributed by atoms with Crippen LogP contribution in [0.2, 0.25) is 10.2 Å². The minimum Gasteiger partial charge on any atom is -0.366 e. The van der Waals surface area contributed by atoms with Gasteiger partial charge in [-0.15, -0.1) is 0 Å². The van der Waals surface area contributed by atoms with E-state index >= 15 is 0 Å². The molecule has 1 aliphatic carbocycles. The zero-order valence-electron chi connectivity index (χ0n) is 17.3. The van der Waals surface area contributed by atoms with E-state index in [1.165, 1.54) is 13.8 Å². The number of halogens is 2. The van der Waals surface area contributed by atoms with Crippen LogP contribution in [0.1, 0.15) is 58.6 Å². The van der Waals surface area contributed by atoms with Crippen LogP contribution in [-0.4, -0.2) is 30.5 Å². The van der Waals surface area contributed by atoms with E-state index in [0.717, 1.165) is 24.8 Å². The van der Waals surface area contributed by atoms with Crippen LogP contribution in [0.3, 0.4) is 0 Å². The van der Waals surface area contributed by atoms with Crippen LogP contribution in [0, 0.1) is 31.6 Å². The summed E-state index contributed by atoms with van der Waals surface area (Å²) in [5, 5.41) is 26.1. The molecule has 2 unspecified atom stereocenters. The molecule has 9 heteroatoms. The summed E-state index contributed by atoms with van der Waals surface area (Å²) in [5.74, 6) is -1.38. The number of rotatable bonds is 1. The van der Waals surface area contributed by atoms with E-state index in [0.29, 0.717) is 21.3 Å². The minimum atomic E-state index is -1.50. The second-order valence-corrected chi connectivity index (χ2v) is 7.19. The van der Waals surface area contributed by atoms with Crippen LogP contribution >= 0.6 is 23.2 Å². The first-order chi connectivity index (χ1) is 12.1. The van der Waals surface area contributed by atoms with E-state index in [1.807, 2.05) is 25.3 Å². The van der Waals surface area contributed by atoms with Crippen molar-refractivity contribution in [1.29, 1.82) is 5.26 Å². The zero-order chi connectivity index (χ0) is 20.1. The molecule has 6 nitrogen and oxygen atoms in total. The third-order valence-corrected chi connectivity index (χ3v) is 4.63. The maximum atomic E-state index is 8.99. The molecule has 0 amide bonds. The van der Waals surface area contributed by atoms with Crippen molar-refractivity contribution in [2.24, 2.45) is 5.92 Å². The van der Waals surface area contributed by atoms with Crippen LogP contribution < -0.4 is 0 Å². The van der Waals surface area contributed by atoms with Crippen LogP contribution in [0.15, 0.2) is 6.33 Å². The van der Waals surface area contributed by atoms with E-state index in [-0.39, 0.29) is 45.6 Å². The number of nitriles is 1. The molecule has 2 heterocycles. The fraction of sp³-hybridized carbons (Fsp3) is 0.579. The van der Waals surface area contributed by atoms with Gasteiger partial charge in [0.2, 0.25) is 0 Å². The van der Waals surface area contributed by atoms with Gasteiger partial charge in [-0.3, -0.25) is 0 Å². The molecule has 28 heavy (non-hydrogen) atoms. The Morgan fingerprint density at radius 3 is 2.25 bits per heavy atom. The van der Waals surface area contributed by atoms with Gasteiger partial charge in [-0.25, -0.2) is 9.97 Å². The van der Waals surface area contributed by atoms with E-state index < -0.39 is 5.79 Å². The fourth-order valence-electron chi connectivity index (χ4n) is 2.66. The average Bonchev–Trinajstić information content (AvgIpc) is 3.19. The van der Waals surface area contributed by atoms with Gasteiger partial charge in [-0.05, 0) is 40.0 Å². The van der Waals surface area contributed by atoms with Crippen molar-refractivity contribution in [3.63, 3.8) is 0 Å². The number of imidazole rings is 1. The molecular formula is C19H29Cl2N4O2Zr-. The van der Waals surface area contributed by atoms with Gasteiger partial charge in [0.15, 0.2) is 11.4 Å². The van der Waals surface area contributed by atoms with Crippen molar-refractivity contribution < 1.29 is 36.4 Å². The second-order valence-electron chi connectivity index (χ2n) is 6.45. The Balaban J connectivity index is 0. The first-order valence-corrected chi connectivity index (χ1v) is 9.40. The number of aromatic nitrogens is 3. The van der Waals surface area contributed by atoms with Gasteiger partial charge in [-0.1, -0.05) is 37.0 Å². The number of hydrogen-bond acceptors (Lipinski definition) is 5. The van der Waals surface area contributed by atoms with Crippen molar-refractivity contribution in [2.75, 3.05) is 0 Å². The predicted octanol–water partition coefficient (Wildman–Crippen LogP) is 5.09. The Morgan fingerprint density at radius 1 is 1.25 bits per heavy atom. The number of fused-ring (bicyclic) bond motifs is 1. The van der Waals surface area contributed by atoms with Crippen molar-refractivity contribution in [3.8, 4) is 6.07 Å². The quantitative estimate of drug-likeness (QED) is 0.318. The van der Waals surface area contributed by atoms with Gasteiger partial charge in [0.1, 0.15) is 10.7 Å². The maximum Gasteiger partial charge on any atom is 0.163 e. The largest absolute Gasteiger partial charge is 0.366 e. The summed E-state index contributed by atoms with van der Waals surface area (Å²) in [6.45, 7) is 8.43. The first-order valence-electron chi connectivity index (χ1n) is 8.64. The van der Waals surface area contributed by atoms with Crippen molar-refractivity contribution in [1.82, 2.24) is 14.5 Å². The number of aliphatic hydroxyl groups is 2. The molecule has 0 saturated heterocycles. The van der Waals surface area contributed by atoms with Crippen molar-refractivity contribution in [3.05, 3.63) is 29.5 Å². The first kappa shape index (κ1) is 29.7. The van der Waals surface area contributed by atoms with E-state index in [4.69, 9.17) is 38.7 Å². The summed E-state index contributed by atoms with van der Waals surface area (Å²) >= 11 is 12.4. The number of nitrogens with zero attached hydrogens (tertiary/aromatic N) is 4. The molecule has 0 aliphatic heterocycles. The van der Waals surface area contributed by atoms with Crippen LogP contribution in [-0.2, 0) is 26.2 Å². The maximum absolute atomic E-state index is 8.99. The molecule has 2 atom stereocenters. The molecule has 1 aliphatic rings. The molecule has 1 fully saturated rings. The molecule has 0 radical (unpaired) electrons. The summed E-state index contributed by atoms with van der Waals surface area (Å²) in [4.78, 5) is 8.73. The topological polar surface area (TPSA) is 95.0 Å². The summed E-state index contributed by atoms with van der Waals surface area (Å²) in [6.07, 6.45) is 4.49. The van der Waals surface area contributed by atoms with Crippen molar-refractivity contribution >= 4 is 34.4 Å². The monoisotopic (exact) mass is 505 g/mol.